The van der Waals surface area contributed by atoms with E-state index < -0.39 is 0 Å². The minimum Gasteiger partial charge on any atom is -0.311 e. The van der Waals surface area contributed by atoms with Gasteiger partial charge in [-0.2, -0.15) is 0 Å². The van der Waals surface area contributed by atoms with Gasteiger partial charge in [0.15, 0.2) is 0 Å². The summed E-state index contributed by atoms with van der Waals surface area (Å²) < 4.78 is 0. The van der Waals surface area contributed by atoms with Crippen LogP contribution in [-0.2, 0) is 16.2 Å². The SMILES string of the molecule is CC(C)(C)c1ccccc1N(c1ccccc1)c1cc2c3c(c1)N(c1ccccc1C(C)(C)C)c1ccccc1B3c1ccccc1N2c1ccccc1C(C)(C)C. The van der Waals surface area contributed by atoms with Gasteiger partial charge < -0.3 is 14.7 Å². The zero-order valence-electron chi connectivity index (χ0n) is 35.5. The predicted molar refractivity (Wildman–Crippen MR) is 251 cm³/mol. The van der Waals surface area contributed by atoms with E-state index in [0.29, 0.717) is 0 Å². The highest BCUT2D eigenvalue weighted by Gasteiger charge is 2.45. The van der Waals surface area contributed by atoms with Gasteiger partial charge in [-0.3, -0.25) is 0 Å². The molecule has 7 aromatic rings. The van der Waals surface area contributed by atoms with E-state index >= 15 is 0 Å². The molecule has 0 atom stereocenters. The second-order valence-electron chi connectivity index (χ2n) is 19.1. The Morgan fingerprint density at radius 1 is 0.362 bits per heavy atom. The van der Waals surface area contributed by atoms with E-state index in [1.54, 1.807) is 0 Å². The van der Waals surface area contributed by atoms with Gasteiger partial charge in [0.25, 0.3) is 6.71 Å². The molecule has 0 aliphatic carbocycles. The van der Waals surface area contributed by atoms with Crippen molar-refractivity contribution in [1.29, 1.82) is 0 Å². The summed E-state index contributed by atoms with van der Waals surface area (Å²) in [6.07, 6.45) is 0. The lowest BCUT2D eigenvalue weighted by atomic mass is 9.33. The molecule has 2 heterocycles. The lowest BCUT2D eigenvalue weighted by Crippen LogP contribution is -2.61. The van der Waals surface area contributed by atoms with Gasteiger partial charge >= 0.3 is 0 Å². The molecule has 0 aromatic heterocycles. The van der Waals surface area contributed by atoms with Crippen LogP contribution in [0.3, 0.4) is 0 Å². The van der Waals surface area contributed by atoms with E-state index in [9.17, 15) is 0 Å². The number of hydrogen-bond acceptors (Lipinski definition) is 3. The standard InChI is InChI=1S/C54H54BN3/c1-52(2,3)39-25-13-18-30-44(39)56(37-23-11-10-12-24-37)38-35-49-51-50(36-38)58(46-32-20-15-27-41(46)54(7,8)9)48-34-22-17-29-43(48)55(51)42-28-16-21-33-47(42)57(49)45-31-19-14-26-40(45)53(4,5)6/h10-36H,1-9H3. The fourth-order valence-electron chi connectivity index (χ4n) is 9.44. The molecule has 7 aromatic carbocycles. The molecule has 2 aliphatic heterocycles. The highest BCUT2D eigenvalue weighted by Crippen LogP contribution is 2.51. The third-order valence-electron chi connectivity index (χ3n) is 12.0. The van der Waals surface area contributed by atoms with Gasteiger partial charge in [-0.1, -0.05) is 172 Å². The van der Waals surface area contributed by atoms with E-state index in [4.69, 9.17) is 0 Å². The first-order valence-corrected chi connectivity index (χ1v) is 20.8. The molecule has 0 N–H and O–H groups in total. The van der Waals surface area contributed by atoms with Crippen molar-refractivity contribution in [2.45, 2.75) is 78.6 Å². The minimum absolute atomic E-state index is 0.0367. The summed E-state index contributed by atoms with van der Waals surface area (Å²) in [5.74, 6) is 0. The maximum atomic E-state index is 2.58. The van der Waals surface area contributed by atoms with Crippen LogP contribution in [0.5, 0.6) is 0 Å². The Morgan fingerprint density at radius 3 is 1.21 bits per heavy atom. The molecular weight excluding hydrogens is 701 g/mol. The topological polar surface area (TPSA) is 9.72 Å². The molecule has 0 saturated heterocycles. The normalized spacial score (nSPS) is 13.5. The third kappa shape index (κ3) is 6.21. The number of fused-ring (bicyclic) bond motifs is 4. The van der Waals surface area contributed by atoms with E-state index in [1.807, 2.05) is 0 Å². The Kier molecular flexibility index (Phi) is 8.96. The molecule has 0 bridgehead atoms. The van der Waals surface area contributed by atoms with Crippen molar-refractivity contribution in [1.82, 2.24) is 0 Å². The third-order valence-corrected chi connectivity index (χ3v) is 12.0. The van der Waals surface area contributed by atoms with E-state index in [0.717, 1.165) is 11.4 Å². The first-order valence-electron chi connectivity index (χ1n) is 20.8. The summed E-state index contributed by atoms with van der Waals surface area (Å²) >= 11 is 0. The van der Waals surface area contributed by atoms with Crippen LogP contribution in [0, 0.1) is 0 Å². The summed E-state index contributed by atoms with van der Waals surface area (Å²) in [6, 6.07) is 61.1. The van der Waals surface area contributed by atoms with Gasteiger partial charge in [-0.15, -0.1) is 0 Å². The monoisotopic (exact) mass is 755 g/mol. The quantitative estimate of drug-likeness (QED) is 0.162. The molecule has 0 amide bonds. The van der Waals surface area contributed by atoms with Crippen LogP contribution in [0.15, 0.2) is 164 Å². The Balaban J connectivity index is 1.46. The van der Waals surface area contributed by atoms with Crippen LogP contribution in [0.1, 0.15) is 79.0 Å². The number of hydrogen-bond donors (Lipinski definition) is 0. The molecule has 288 valence electrons. The molecule has 9 rings (SSSR count). The van der Waals surface area contributed by atoms with Crippen LogP contribution in [0.4, 0.5) is 51.2 Å². The van der Waals surface area contributed by atoms with E-state index in [-0.39, 0.29) is 23.0 Å². The number of rotatable bonds is 5. The van der Waals surface area contributed by atoms with Gasteiger partial charge in [-0.25, -0.2) is 0 Å². The van der Waals surface area contributed by atoms with Gasteiger partial charge in [0.2, 0.25) is 0 Å². The second-order valence-corrected chi connectivity index (χ2v) is 19.1. The molecule has 58 heavy (non-hydrogen) atoms. The van der Waals surface area contributed by atoms with E-state index in [1.165, 1.54) is 72.9 Å². The van der Waals surface area contributed by atoms with Crippen molar-refractivity contribution >= 4 is 74.3 Å². The number of anilines is 9. The fourth-order valence-corrected chi connectivity index (χ4v) is 9.44. The molecule has 0 spiro atoms. The summed E-state index contributed by atoms with van der Waals surface area (Å²) in [7, 11) is 0. The van der Waals surface area contributed by atoms with Crippen LogP contribution >= 0.6 is 0 Å². The molecule has 0 fully saturated rings. The summed E-state index contributed by atoms with van der Waals surface area (Å²) in [4.78, 5) is 7.65. The number of para-hydroxylation sites is 6. The zero-order valence-corrected chi connectivity index (χ0v) is 35.5. The number of nitrogens with zero attached hydrogens (tertiary/aromatic N) is 3. The first-order chi connectivity index (χ1) is 27.7. The largest absolute Gasteiger partial charge is 0.311 e. The molecule has 4 heteroatoms. The summed E-state index contributed by atoms with van der Waals surface area (Å²) in [5, 5.41) is 0. The lowest BCUT2D eigenvalue weighted by molar-refractivity contribution is 0.591. The van der Waals surface area contributed by atoms with Gasteiger partial charge in [0, 0.05) is 45.5 Å². The maximum Gasteiger partial charge on any atom is 0.252 e. The van der Waals surface area contributed by atoms with Crippen molar-refractivity contribution in [3.8, 4) is 0 Å². The average Bonchev–Trinajstić information content (AvgIpc) is 3.20. The Morgan fingerprint density at radius 2 is 0.741 bits per heavy atom. The average molecular weight is 756 g/mol. The molecule has 0 radical (unpaired) electrons. The maximum absolute atomic E-state index is 2.58. The van der Waals surface area contributed by atoms with Crippen molar-refractivity contribution in [2.24, 2.45) is 0 Å². The van der Waals surface area contributed by atoms with Crippen LogP contribution in [-0.4, -0.2) is 6.71 Å². The van der Waals surface area contributed by atoms with Gasteiger partial charge in [0.1, 0.15) is 0 Å². The second kappa shape index (κ2) is 13.8. The summed E-state index contributed by atoms with van der Waals surface area (Å²) in [5.41, 5.74) is 18.3. The highest BCUT2D eigenvalue weighted by atomic mass is 15.2. The van der Waals surface area contributed by atoms with Gasteiger partial charge in [-0.05, 0) is 104 Å². The smallest absolute Gasteiger partial charge is 0.252 e. The molecule has 2 aliphatic rings. The zero-order chi connectivity index (χ0) is 40.6. The Bertz CT molecular complexity index is 2530. The summed E-state index contributed by atoms with van der Waals surface area (Å²) in [6.45, 7) is 21.0. The fraction of sp³-hybridized carbons (Fsp3) is 0.222. The van der Waals surface area contributed by atoms with Crippen molar-refractivity contribution in [3.63, 3.8) is 0 Å². The van der Waals surface area contributed by atoms with Crippen molar-refractivity contribution < 1.29 is 0 Å². The molecule has 0 unspecified atom stereocenters. The van der Waals surface area contributed by atoms with Crippen LogP contribution < -0.4 is 31.1 Å². The minimum atomic E-state index is -0.0928. The Labute approximate surface area is 346 Å². The van der Waals surface area contributed by atoms with Crippen LogP contribution in [0.2, 0.25) is 0 Å². The van der Waals surface area contributed by atoms with Crippen molar-refractivity contribution in [2.75, 3.05) is 14.7 Å². The van der Waals surface area contributed by atoms with Gasteiger partial charge in [0.05, 0.1) is 5.69 Å². The van der Waals surface area contributed by atoms with Crippen molar-refractivity contribution in [3.05, 3.63) is 180 Å². The lowest BCUT2D eigenvalue weighted by Gasteiger charge is -2.46. The molecular formula is C54H54BN3. The van der Waals surface area contributed by atoms with Crippen LogP contribution in [0.25, 0.3) is 0 Å². The number of benzene rings is 7. The van der Waals surface area contributed by atoms with E-state index in [2.05, 4.69) is 241 Å². The highest BCUT2D eigenvalue weighted by molar-refractivity contribution is 7.00. The first kappa shape index (κ1) is 37.6. The Hall–Kier alpha value is -6.00. The predicted octanol–water partition coefficient (Wildman–Crippen LogP) is 13.1. The molecule has 3 nitrogen and oxygen atoms in total. The molecule has 0 saturated carbocycles.